The van der Waals surface area contributed by atoms with Crippen LogP contribution in [0.15, 0.2) is 24.3 Å². The minimum absolute atomic E-state index is 0.269. The quantitative estimate of drug-likeness (QED) is 0.905. The highest BCUT2D eigenvalue weighted by atomic mass is 16.3. The van der Waals surface area contributed by atoms with Crippen LogP contribution in [0.2, 0.25) is 0 Å². The summed E-state index contributed by atoms with van der Waals surface area (Å²) in [5, 5.41) is 9.26. The van der Waals surface area contributed by atoms with Crippen molar-refractivity contribution in [3.05, 3.63) is 29.8 Å². The van der Waals surface area contributed by atoms with Crippen molar-refractivity contribution in [2.45, 2.75) is 38.8 Å². The zero-order valence-electron chi connectivity index (χ0n) is 12.3. The molecule has 3 nitrogen and oxygen atoms in total. The van der Waals surface area contributed by atoms with Gasteiger partial charge in [0.2, 0.25) is 0 Å². The van der Waals surface area contributed by atoms with Gasteiger partial charge in [-0.15, -0.1) is 0 Å². The number of nitrogens with zero attached hydrogens (tertiary/aromatic N) is 2. The molecule has 1 fully saturated rings. The molecule has 0 saturated carbocycles. The first-order valence-corrected chi connectivity index (χ1v) is 7.27. The van der Waals surface area contributed by atoms with Gasteiger partial charge in [0.05, 0.1) is 0 Å². The molecule has 1 saturated heterocycles. The van der Waals surface area contributed by atoms with Crippen LogP contribution in [0.3, 0.4) is 0 Å². The van der Waals surface area contributed by atoms with E-state index in [9.17, 15) is 5.11 Å². The maximum atomic E-state index is 9.26. The van der Waals surface area contributed by atoms with Crippen molar-refractivity contribution in [3.8, 4) is 0 Å². The number of benzene rings is 1. The summed E-state index contributed by atoms with van der Waals surface area (Å²) in [6.45, 7) is 6.86. The molecule has 2 unspecified atom stereocenters. The molecule has 0 aliphatic carbocycles. The lowest BCUT2D eigenvalue weighted by Gasteiger charge is -2.33. The molecule has 2 rings (SSSR count). The number of rotatable bonds is 3. The maximum Gasteiger partial charge on any atom is 0.0446 e. The van der Waals surface area contributed by atoms with Gasteiger partial charge in [-0.05, 0) is 45.4 Å². The van der Waals surface area contributed by atoms with E-state index < -0.39 is 0 Å². The third-order valence-electron chi connectivity index (χ3n) is 4.35. The van der Waals surface area contributed by atoms with E-state index in [4.69, 9.17) is 0 Å². The van der Waals surface area contributed by atoms with E-state index >= 15 is 0 Å². The average molecular weight is 262 g/mol. The van der Waals surface area contributed by atoms with Crippen molar-refractivity contribution in [1.82, 2.24) is 4.90 Å². The van der Waals surface area contributed by atoms with Gasteiger partial charge in [0, 0.05) is 37.5 Å². The van der Waals surface area contributed by atoms with Gasteiger partial charge in [0.15, 0.2) is 0 Å². The summed E-state index contributed by atoms with van der Waals surface area (Å²) in [6.07, 6.45) is 2.03. The maximum absolute atomic E-state index is 9.26. The Morgan fingerprint density at radius 1 is 1.32 bits per heavy atom. The summed E-state index contributed by atoms with van der Waals surface area (Å²) >= 11 is 0. The van der Waals surface area contributed by atoms with Crippen molar-refractivity contribution in [3.63, 3.8) is 0 Å². The van der Waals surface area contributed by atoms with Gasteiger partial charge >= 0.3 is 0 Å². The van der Waals surface area contributed by atoms with Gasteiger partial charge < -0.3 is 14.9 Å². The lowest BCUT2D eigenvalue weighted by Crippen LogP contribution is -2.41. The average Bonchev–Trinajstić information content (AvgIpc) is 2.53. The Kier molecular flexibility index (Phi) is 4.83. The zero-order chi connectivity index (χ0) is 13.8. The molecule has 3 heteroatoms. The number of likely N-dealkylation sites (N-methyl/N-ethyl adjacent to an activating group) is 1. The van der Waals surface area contributed by atoms with Crippen LogP contribution in [0.1, 0.15) is 25.3 Å². The van der Waals surface area contributed by atoms with Crippen molar-refractivity contribution in [2.75, 3.05) is 31.6 Å². The second-order valence-corrected chi connectivity index (χ2v) is 5.72. The zero-order valence-corrected chi connectivity index (χ0v) is 12.3. The highest BCUT2D eigenvalue weighted by Crippen LogP contribution is 2.26. The Hall–Kier alpha value is -1.06. The molecule has 0 amide bonds. The topological polar surface area (TPSA) is 26.7 Å². The third-order valence-corrected chi connectivity index (χ3v) is 4.35. The van der Waals surface area contributed by atoms with E-state index in [1.807, 2.05) is 0 Å². The van der Waals surface area contributed by atoms with Crippen molar-refractivity contribution < 1.29 is 5.11 Å². The lowest BCUT2D eigenvalue weighted by molar-refractivity contribution is 0.196. The molecule has 19 heavy (non-hydrogen) atoms. The summed E-state index contributed by atoms with van der Waals surface area (Å²) in [7, 11) is 2.17. The Morgan fingerprint density at radius 2 is 2.05 bits per heavy atom. The lowest BCUT2D eigenvalue weighted by atomic mass is 10.1. The normalized spacial score (nSPS) is 25.4. The standard InChI is InChI=1S/C16H26N2O/c1-13-6-4-5-7-16(13)18-12-15(9-11-19)17(3)10-8-14(18)2/h4-7,14-15,19H,8-12H2,1-3H3. The van der Waals surface area contributed by atoms with Crippen LogP contribution >= 0.6 is 0 Å². The molecule has 1 aromatic carbocycles. The molecule has 1 heterocycles. The van der Waals surface area contributed by atoms with Crippen LogP contribution in [0.25, 0.3) is 0 Å². The molecule has 2 atom stereocenters. The number of aryl methyl sites for hydroxylation is 1. The second kappa shape index (κ2) is 6.40. The highest BCUT2D eigenvalue weighted by Gasteiger charge is 2.26. The molecule has 0 bridgehead atoms. The molecule has 0 spiro atoms. The Bertz CT molecular complexity index is 407. The summed E-state index contributed by atoms with van der Waals surface area (Å²) in [6, 6.07) is 9.59. The van der Waals surface area contributed by atoms with Crippen LogP contribution in [0.4, 0.5) is 5.69 Å². The number of hydrogen-bond acceptors (Lipinski definition) is 3. The first-order chi connectivity index (χ1) is 9.13. The first-order valence-electron chi connectivity index (χ1n) is 7.27. The summed E-state index contributed by atoms with van der Waals surface area (Å²) in [4.78, 5) is 4.91. The number of aliphatic hydroxyl groups excluding tert-OH is 1. The monoisotopic (exact) mass is 262 g/mol. The third kappa shape index (κ3) is 3.28. The molecule has 0 radical (unpaired) electrons. The predicted octanol–water partition coefficient (Wildman–Crippen LogP) is 2.28. The Balaban J connectivity index is 2.24. The van der Waals surface area contributed by atoms with Crippen molar-refractivity contribution in [1.29, 1.82) is 0 Å². The van der Waals surface area contributed by atoms with E-state index in [0.29, 0.717) is 12.1 Å². The van der Waals surface area contributed by atoms with Crippen LogP contribution in [-0.2, 0) is 0 Å². The largest absolute Gasteiger partial charge is 0.396 e. The molecule has 1 aliphatic heterocycles. The fourth-order valence-corrected chi connectivity index (χ4v) is 2.96. The van der Waals surface area contributed by atoms with Crippen LogP contribution in [0.5, 0.6) is 0 Å². The van der Waals surface area contributed by atoms with Gasteiger partial charge in [-0.1, -0.05) is 18.2 Å². The molecular formula is C16H26N2O. The Morgan fingerprint density at radius 3 is 2.74 bits per heavy atom. The van der Waals surface area contributed by atoms with Crippen molar-refractivity contribution in [2.24, 2.45) is 0 Å². The molecule has 0 aromatic heterocycles. The van der Waals surface area contributed by atoms with Crippen LogP contribution in [-0.4, -0.2) is 48.8 Å². The van der Waals surface area contributed by atoms with Gasteiger partial charge in [-0.25, -0.2) is 0 Å². The van der Waals surface area contributed by atoms with Crippen LogP contribution in [0, 0.1) is 6.92 Å². The highest BCUT2D eigenvalue weighted by molar-refractivity contribution is 5.54. The summed E-state index contributed by atoms with van der Waals surface area (Å²) < 4.78 is 0. The Labute approximate surface area is 116 Å². The number of aliphatic hydroxyl groups is 1. The van der Waals surface area contributed by atoms with Crippen LogP contribution < -0.4 is 4.90 Å². The first kappa shape index (κ1) is 14.4. The van der Waals surface area contributed by atoms with Crippen molar-refractivity contribution >= 4 is 5.69 Å². The molecule has 1 aromatic rings. The van der Waals surface area contributed by atoms with Gasteiger partial charge in [0.25, 0.3) is 0 Å². The number of anilines is 1. The summed E-state index contributed by atoms with van der Waals surface area (Å²) in [5.41, 5.74) is 2.68. The van der Waals surface area contributed by atoms with E-state index in [-0.39, 0.29) is 6.61 Å². The minimum atomic E-state index is 0.269. The van der Waals surface area contributed by atoms with Gasteiger partial charge in [-0.3, -0.25) is 0 Å². The molecule has 1 N–H and O–H groups in total. The molecular weight excluding hydrogens is 236 g/mol. The molecule has 1 aliphatic rings. The van der Waals surface area contributed by atoms with E-state index in [2.05, 4.69) is 55.0 Å². The second-order valence-electron chi connectivity index (χ2n) is 5.72. The fourth-order valence-electron chi connectivity index (χ4n) is 2.96. The number of para-hydroxylation sites is 1. The SMILES string of the molecule is Cc1ccccc1N1CC(CCO)N(C)CCC1C. The summed E-state index contributed by atoms with van der Waals surface area (Å²) in [5.74, 6) is 0. The number of hydrogen-bond donors (Lipinski definition) is 1. The van der Waals surface area contributed by atoms with E-state index in [1.54, 1.807) is 0 Å². The van der Waals surface area contributed by atoms with E-state index in [1.165, 1.54) is 17.7 Å². The van der Waals surface area contributed by atoms with Gasteiger partial charge in [-0.2, -0.15) is 0 Å². The smallest absolute Gasteiger partial charge is 0.0446 e. The minimum Gasteiger partial charge on any atom is -0.396 e. The van der Waals surface area contributed by atoms with Gasteiger partial charge in [0.1, 0.15) is 0 Å². The molecule has 106 valence electrons. The fraction of sp³-hybridized carbons (Fsp3) is 0.625. The predicted molar refractivity (Wildman–Crippen MR) is 80.7 cm³/mol. The van der Waals surface area contributed by atoms with E-state index in [0.717, 1.165) is 19.5 Å².